The number of amides is 2. The van der Waals surface area contributed by atoms with Crippen LogP contribution in [0.2, 0.25) is 0 Å². The first-order valence-corrected chi connectivity index (χ1v) is 7.50. The lowest BCUT2D eigenvalue weighted by Gasteiger charge is -2.34. The molecule has 1 saturated heterocycles. The summed E-state index contributed by atoms with van der Waals surface area (Å²) in [6.07, 6.45) is 4.16. The molecule has 2 amide bonds. The van der Waals surface area contributed by atoms with Crippen LogP contribution in [0.25, 0.3) is 5.65 Å². The van der Waals surface area contributed by atoms with E-state index in [1.54, 1.807) is 11.8 Å². The number of carbonyl (C=O) groups is 2. The van der Waals surface area contributed by atoms with E-state index in [2.05, 4.69) is 4.98 Å². The van der Waals surface area contributed by atoms with Gasteiger partial charge >= 0.3 is 0 Å². The molecule has 6 nitrogen and oxygen atoms in total. The monoisotopic (exact) mass is 300 g/mol. The van der Waals surface area contributed by atoms with E-state index in [0.717, 1.165) is 16.9 Å². The summed E-state index contributed by atoms with van der Waals surface area (Å²) in [4.78, 5) is 31.8. The molecule has 22 heavy (non-hydrogen) atoms. The number of aromatic nitrogens is 2. The summed E-state index contributed by atoms with van der Waals surface area (Å²) in [6.45, 7) is 6.02. The third-order valence-corrected chi connectivity index (χ3v) is 4.08. The average Bonchev–Trinajstić information content (AvgIpc) is 2.88. The molecule has 0 spiro atoms. The van der Waals surface area contributed by atoms with E-state index in [4.69, 9.17) is 0 Å². The first-order chi connectivity index (χ1) is 10.5. The predicted octanol–water partition coefficient (Wildman–Crippen LogP) is 0.876. The van der Waals surface area contributed by atoms with Crippen LogP contribution in [0, 0.1) is 6.92 Å². The smallest absolute Gasteiger partial charge is 0.228 e. The second-order valence-corrected chi connectivity index (χ2v) is 5.77. The fourth-order valence-electron chi connectivity index (χ4n) is 2.76. The number of imidazole rings is 1. The highest BCUT2D eigenvalue weighted by Gasteiger charge is 2.22. The Morgan fingerprint density at radius 2 is 1.86 bits per heavy atom. The van der Waals surface area contributed by atoms with E-state index in [0.29, 0.717) is 32.6 Å². The highest BCUT2D eigenvalue weighted by molar-refractivity contribution is 5.79. The summed E-state index contributed by atoms with van der Waals surface area (Å²) in [5.74, 6) is 0.145. The van der Waals surface area contributed by atoms with E-state index < -0.39 is 0 Å². The third-order valence-electron chi connectivity index (χ3n) is 4.08. The van der Waals surface area contributed by atoms with Crippen LogP contribution >= 0.6 is 0 Å². The lowest BCUT2D eigenvalue weighted by molar-refractivity contribution is -0.138. The van der Waals surface area contributed by atoms with Crippen LogP contribution in [0.5, 0.6) is 0 Å². The molecular formula is C16H20N4O2. The highest BCUT2D eigenvalue weighted by atomic mass is 16.2. The molecule has 0 radical (unpaired) electrons. The first kappa shape index (κ1) is 14.6. The van der Waals surface area contributed by atoms with Crippen LogP contribution < -0.4 is 0 Å². The molecule has 1 aliphatic heterocycles. The summed E-state index contributed by atoms with van der Waals surface area (Å²) in [7, 11) is 0. The largest absolute Gasteiger partial charge is 0.339 e. The SMILES string of the molecule is CC(=O)N1CCN(C(=O)Cc2cn3ccc(C)cc3n2)CC1. The van der Waals surface area contributed by atoms with Crippen molar-refractivity contribution < 1.29 is 9.59 Å². The van der Waals surface area contributed by atoms with Crippen LogP contribution in [0.4, 0.5) is 0 Å². The number of hydrogen-bond donors (Lipinski definition) is 0. The van der Waals surface area contributed by atoms with Gasteiger partial charge < -0.3 is 14.2 Å². The van der Waals surface area contributed by atoms with Crippen molar-refractivity contribution >= 4 is 17.5 Å². The maximum Gasteiger partial charge on any atom is 0.228 e. The van der Waals surface area contributed by atoms with Crippen LogP contribution in [0.3, 0.4) is 0 Å². The van der Waals surface area contributed by atoms with Gasteiger partial charge in [0.25, 0.3) is 0 Å². The topological polar surface area (TPSA) is 57.9 Å². The summed E-state index contributed by atoms with van der Waals surface area (Å²) < 4.78 is 1.93. The fourth-order valence-corrected chi connectivity index (χ4v) is 2.76. The van der Waals surface area contributed by atoms with Crippen LogP contribution in [-0.4, -0.2) is 57.2 Å². The number of piperazine rings is 1. The average molecular weight is 300 g/mol. The Morgan fingerprint density at radius 3 is 2.55 bits per heavy atom. The van der Waals surface area contributed by atoms with Gasteiger partial charge in [0.2, 0.25) is 11.8 Å². The van der Waals surface area contributed by atoms with E-state index in [1.807, 2.05) is 40.8 Å². The second kappa shape index (κ2) is 5.79. The zero-order chi connectivity index (χ0) is 15.7. The van der Waals surface area contributed by atoms with Crippen molar-refractivity contribution in [3.8, 4) is 0 Å². The third kappa shape index (κ3) is 2.95. The standard InChI is InChI=1S/C16H20N4O2/c1-12-3-4-20-11-14(17-15(20)9-12)10-16(22)19-7-5-18(6-8-19)13(2)21/h3-4,9,11H,5-8,10H2,1-2H3. The minimum atomic E-state index is 0.0721. The number of pyridine rings is 1. The Bertz CT molecular complexity index is 714. The summed E-state index contributed by atoms with van der Waals surface area (Å²) in [5.41, 5.74) is 2.80. The van der Waals surface area contributed by atoms with Gasteiger partial charge in [-0.1, -0.05) is 0 Å². The molecular weight excluding hydrogens is 280 g/mol. The number of hydrogen-bond acceptors (Lipinski definition) is 3. The lowest BCUT2D eigenvalue weighted by atomic mass is 10.2. The molecule has 3 rings (SSSR count). The molecule has 116 valence electrons. The van der Waals surface area contributed by atoms with Gasteiger partial charge in [-0.15, -0.1) is 0 Å². The van der Waals surface area contributed by atoms with Crippen LogP contribution in [0.1, 0.15) is 18.2 Å². The summed E-state index contributed by atoms with van der Waals surface area (Å²) in [6, 6.07) is 4.01. The number of fused-ring (bicyclic) bond motifs is 1. The van der Waals surface area contributed by atoms with Gasteiger partial charge in [-0.05, 0) is 24.6 Å². The molecule has 6 heteroatoms. The van der Waals surface area contributed by atoms with Crippen molar-refractivity contribution in [1.29, 1.82) is 0 Å². The van der Waals surface area contributed by atoms with Crippen molar-refractivity contribution in [2.45, 2.75) is 20.3 Å². The Labute approximate surface area is 129 Å². The number of aryl methyl sites for hydroxylation is 1. The van der Waals surface area contributed by atoms with E-state index in [1.165, 1.54) is 0 Å². The quantitative estimate of drug-likeness (QED) is 0.827. The molecule has 1 aliphatic rings. The van der Waals surface area contributed by atoms with Gasteiger partial charge in [0, 0.05) is 45.5 Å². The van der Waals surface area contributed by atoms with Gasteiger partial charge in [-0.2, -0.15) is 0 Å². The maximum atomic E-state index is 12.4. The van der Waals surface area contributed by atoms with Gasteiger partial charge in [0.1, 0.15) is 5.65 Å². The summed E-state index contributed by atoms with van der Waals surface area (Å²) >= 11 is 0. The van der Waals surface area contributed by atoms with Crippen molar-refractivity contribution in [3.05, 3.63) is 35.8 Å². The predicted molar refractivity (Wildman–Crippen MR) is 82.5 cm³/mol. The Morgan fingerprint density at radius 1 is 1.18 bits per heavy atom. The van der Waals surface area contributed by atoms with Crippen molar-refractivity contribution in [2.24, 2.45) is 0 Å². The Hall–Kier alpha value is -2.37. The molecule has 3 heterocycles. The molecule has 0 aliphatic carbocycles. The lowest BCUT2D eigenvalue weighted by Crippen LogP contribution is -2.50. The van der Waals surface area contributed by atoms with Gasteiger partial charge in [0.15, 0.2) is 0 Å². The minimum absolute atomic E-state index is 0.0721. The molecule has 0 saturated carbocycles. The molecule has 1 fully saturated rings. The minimum Gasteiger partial charge on any atom is -0.339 e. The number of rotatable bonds is 2. The van der Waals surface area contributed by atoms with Gasteiger partial charge in [0.05, 0.1) is 12.1 Å². The van der Waals surface area contributed by atoms with Crippen LogP contribution in [-0.2, 0) is 16.0 Å². The fraction of sp³-hybridized carbons (Fsp3) is 0.438. The molecule has 0 N–H and O–H groups in total. The van der Waals surface area contributed by atoms with E-state index >= 15 is 0 Å². The van der Waals surface area contributed by atoms with Crippen LogP contribution in [0.15, 0.2) is 24.5 Å². The molecule has 0 atom stereocenters. The van der Waals surface area contributed by atoms with Crippen molar-refractivity contribution in [3.63, 3.8) is 0 Å². The van der Waals surface area contributed by atoms with E-state index in [-0.39, 0.29) is 11.8 Å². The number of nitrogens with zero attached hydrogens (tertiary/aromatic N) is 4. The highest BCUT2D eigenvalue weighted by Crippen LogP contribution is 2.10. The van der Waals surface area contributed by atoms with Crippen molar-refractivity contribution in [1.82, 2.24) is 19.2 Å². The Kier molecular flexibility index (Phi) is 3.83. The second-order valence-electron chi connectivity index (χ2n) is 5.77. The zero-order valence-corrected chi connectivity index (χ0v) is 13.0. The Balaban J connectivity index is 1.65. The van der Waals surface area contributed by atoms with Gasteiger partial charge in [-0.25, -0.2) is 4.98 Å². The molecule has 0 aromatic carbocycles. The van der Waals surface area contributed by atoms with Gasteiger partial charge in [-0.3, -0.25) is 9.59 Å². The molecule has 2 aromatic heterocycles. The van der Waals surface area contributed by atoms with E-state index in [9.17, 15) is 9.59 Å². The zero-order valence-electron chi connectivity index (χ0n) is 13.0. The molecule has 0 unspecified atom stereocenters. The summed E-state index contributed by atoms with van der Waals surface area (Å²) in [5, 5.41) is 0. The molecule has 2 aromatic rings. The number of carbonyl (C=O) groups excluding carboxylic acids is 2. The van der Waals surface area contributed by atoms with Crippen molar-refractivity contribution in [2.75, 3.05) is 26.2 Å². The first-order valence-electron chi connectivity index (χ1n) is 7.50. The maximum absolute atomic E-state index is 12.4. The normalized spacial score (nSPS) is 15.4. The molecule has 0 bridgehead atoms.